The van der Waals surface area contributed by atoms with E-state index in [1.54, 1.807) is 0 Å². The average Bonchev–Trinajstić information content (AvgIpc) is 2.51. The Bertz CT molecular complexity index is 289. The van der Waals surface area contributed by atoms with Gasteiger partial charge >= 0.3 is 0 Å². The van der Waals surface area contributed by atoms with Gasteiger partial charge in [-0.25, -0.2) is 0 Å². The second kappa shape index (κ2) is 1.57. The molecule has 2 atom stereocenters. The molecule has 2 bridgehead atoms. The fraction of sp³-hybridized carbons (Fsp3) is 0.667. The summed E-state index contributed by atoms with van der Waals surface area (Å²) in [6.45, 7) is 0. The molecule has 1 spiro atoms. The first-order valence-corrected chi connectivity index (χ1v) is 5.32. The summed E-state index contributed by atoms with van der Waals surface area (Å²) in [5.41, 5.74) is 4.53. The summed E-state index contributed by atoms with van der Waals surface area (Å²) in [5, 5.41) is 0. The zero-order valence-electron chi connectivity index (χ0n) is 7.34. The first-order chi connectivity index (χ1) is 5.92. The highest BCUT2D eigenvalue weighted by Crippen LogP contribution is 2.72. The fourth-order valence-electron chi connectivity index (χ4n) is 3.99. The first-order valence-electron chi connectivity index (χ1n) is 5.32. The molecule has 0 saturated heterocycles. The molecule has 0 N–H and O–H groups in total. The molecule has 0 aromatic rings. The maximum Gasteiger partial charge on any atom is 0.00451 e. The Morgan fingerprint density at radius 1 is 1.00 bits per heavy atom. The molecule has 2 unspecified atom stereocenters. The Morgan fingerprint density at radius 2 is 1.58 bits per heavy atom. The number of fused-ring (bicyclic) bond motifs is 2. The maximum absolute atomic E-state index is 2.52. The van der Waals surface area contributed by atoms with Crippen LogP contribution < -0.4 is 0 Å². The third-order valence-corrected chi connectivity index (χ3v) is 4.62. The van der Waals surface area contributed by atoms with E-state index in [0.717, 1.165) is 17.3 Å². The maximum atomic E-state index is 2.52. The molecule has 0 nitrogen and oxygen atoms in total. The van der Waals surface area contributed by atoms with Crippen molar-refractivity contribution >= 4 is 0 Å². The van der Waals surface area contributed by atoms with Gasteiger partial charge in [0.05, 0.1) is 0 Å². The van der Waals surface area contributed by atoms with Crippen LogP contribution in [0, 0.1) is 17.3 Å². The summed E-state index contributed by atoms with van der Waals surface area (Å²) < 4.78 is 0. The molecular weight excluding hydrogens is 144 g/mol. The van der Waals surface area contributed by atoms with Crippen molar-refractivity contribution in [3.63, 3.8) is 0 Å². The van der Waals surface area contributed by atoms with Gasteiger partial charge in [-0.3, -0.25) is 0 Å². The van der Waals surface area contributed by atoms with Gasteiger partial charge in [0.2, 0.25) is 0 Å². The van der Waals surface area contributed by atoms with Crippen LogP contribution in [0.2, 0.25) is 0 Å². The summed E-state index contributed by atoms with van der Waals surface area (Å²) in [6, 6.07) is 0. The summed E-state index contributed by atoms with van der Waals surface area (Å²) in [5.74, 6) is 1.83. The molecule has 12 heavy (non-hydrogen) atoms. The minimum absolute atomic E-state index is 0.783. The van der Waals surface area contributed by atoms with Crippen molar-refractivity contribution in [1.82, 2.24) is 0 Å². The molecule has 4 aliphatic rings. The summed E-state index contributed by atoms with van der Waals surface area (Å²) in [7, 11) is 0. The monoisotopic (exact) mass is 158 g/mol. The lowest BCUT2D eigenvalue weighted by Gasteiger charge is -2.17. The standard InChI is InChI=1S/C12H14/c1-2-8-9(3-1)11-5-4-10(8)12(11)6-7-12/h4-5,10-11H,1-3,6-7H2. The van der Waals surface area contributed by atoms with Crippen molar-refractivity contribution in [1.29, 1.82) is 0 Å². The fourth-order valence-corrected chi connectivity index (χ4v) is 3.99. The van der Waals surface area contributed by atoms with Crippen LogP contribution in [0.15, 0.2) is 23.3 Å². The lowest BCUT2D eigenvalue weighted by Crippen LogP contribution is -2.11. The zero-order chi connectivity index (χ0) is 7.76. The molecule has 0 aromatic carbocycles. The summed E-state index contributed by atoms with van der Waals surface area (Å²) >= 11 is 0. The van der Waals surface area contributed by atoms with Crippen LogP contribution in [0.3, 0.4) is 0 Å². The molecule has 0 radical (unpaired) electrons. The summed E-state index contributed by atoms with van der Waals surface area (Å²) in [4.78, 5) is 0. The third-order valence-electron chi connectivity index (χ3n) is 4.62. The second-order valence-corrected chi connectivity index (χ2v) is 4.98. The van der Waals surface area contributed by atoms with E-state index < -0.39 is 0 Å². The van der Waals surface area contributed by atoms with Gasteiger partial charge in [0.1, 0.15) is 0 Å². The molecule has 0 amide bonds. The SMILES string of the molecule is C1=CC2C3=C(CCC3)C1C21CC1. The van der Waals surface area contributed by atoms with E-state index in [1.807, 2.05) is 11.1 Å². The van der Waals surface area contributed by atoms with Crippen molar-refractivity contribution < 1.29 is 0 Å². The Morgan fingerprint density at radius 3 is 2.08 bits per heavy atom. The number of hydrogen-bond acceptors (Lipinski definition) is 0. The van der Waals surface area contributed by atoms with Crippen molar-refractivity contribution in [2.75, 3.05) is 0 Å². The second-order valence-electron chi connectivity index (χ2n) is 4.98. The van der Waals surface area contributed by atoms with E-state index in [-0.39, 0.29) is 0 Å². The van der Waals surface area contributed by atoms with Crippen molar-refractivity contribution in [3.05, 3.63) is 23.3 Å². The minimum atomic E-state index is 0.783. The van der Waals surface area contributed by atoms with E-state index in [0.29, 0.717) is 0 Å². The average molecular weight is 158 g/mol. The quantitative estimate of drug-likeness (QED) is 0.475. The van der Waals surface area contributed by atoms with Crippen molar-refractivity contribution in [3.8, 4) is 0 Å². The Kier molecular flexibility index (Phi) is 0.788. The van der Waals surface area contributed by atoms with Gasteiger partial charge in [-0.15, -0.1) is 0 Å². The normalized spacial score (nSPS) is 44.7. The molecule has 62 valence electrons. The first kappa shape index (κ1) is 6.01. The van der Waals surface area contributed by atoms with Gasteiger partial charge in [0.15, 0.2) is 0 Å². The van der Waals surface area contributed by atoms with Crippen LogP contribution in [-0.4, -0.2) is 0 Å². The molecule has 1 saturated carbocycles. The van der Waals surface area contributed by atoms with Gasteiger partial charge in [0.25, 0.3) is 0 Å². The van der Waals surface area contributed by atoms with E-state index >= 15 is 0 Å². The van der Waals surface area contributed by atoms with Crippen LogP contribution in [0.1, 0.15) is 32.1 Å². The van der Waals surface area contributed by atoms with E-state index in [9.17, 15) is 0 Å². The summed E-state index contributed by atoms with van der Waals surface area (Å²) in [6.07, 6.45) is 12.4. The van der Waals surface area contributed by atoms with Gasteiger partial charge in [-0.2, -0.15) is 0 Å². The largest absolute Gasteiger partial charge is 0.0801 e. The topological polar surface area (TPSA) is 0 Å². The number of allylic oxidation sites excluding steroid dienone is 4. The van der Waals surface area contributed by atoms with E-state index in [4.69, 9.17) is 0 Å². The highest BCUT2D eigenvalue weighted by atomic mass is 14.7. The predicted molar refractivity (Wildman–Crippen MR) is 48.7 cm³/mol. The molecule has 1 fully saturated rings. The minimum Gasteiger partial charge on any atom is -0.0801 e. The van der Waals surface area contributed by atoms with Gasteiger partial charge in [-0.05, 0) is 37.5 Å². The molecule has 0 heteroatoms. The van der Waals surface area contributed by atoms with Crippen LogP contribution in [-0.2, 0) is 0 Å². The van der Waals surface area contributed by atoms with Gasteiger partial charge in [0, 0.05) is 11.8 Å². The Hall–Kier alpha value is -0.520. The van der Waals surface area contributed by atoms with Gasteiger partial charge in [-0.1, -0.05) is 23.3 Å². The van der Waals surface area contributed by atoms with E-state index in [1.165, 1.54) is 32.1 Å². The molecule has 0 aromatic heterocycles. The highest BCUT2D eigenvalue weighted by molar-refractivity contribution is 5.47. The lowest BCUT2D eigenvalue weighted by atomic mass is 9.86. The number of rotatable bonds is 0. The number of hydrogen-bond donors (Lipinski definition) is 0. The smallest absolute Gasteiger partial charge is 0.00451 e. The Balaban J connectivity index is 1.90. The van der Waals surface area contributed by atoms with Gasteiger partial charge < -0.3 is 0 Å². The molecule has 0 aliphatic heterocycles. The molecule has 4 aliphatic carbocycles. The molecule has 0 heterocycles. The van der Waals surface area contributed by atoms with Crippen LogP contribution in [0.25, 0.3) is 0 Å². The lowest BCUT2D eigenvalue weighted by molar-refractivity contribution is 0.398. The third kappa shape index (κ3) is 0.437. The van der Waals surface area contributed by atoms with E-state index in [2.05, 4.69) is 12.2 Å². The zero-order valence-corrected chi connectivity index (χ0v) is 7.34. The highest BCUT2D eigenvalue weighted by Gasteiger charge is 2.62. The molecule has 4 rings (SSSR count). The van der Waals surface area contributed by atoms with Crippen LogP contribution in [0.5, 0.6) is 0 Å². The predicted octanol–water partition coefficient (Wildman–Crippen LogP) is 3.06. The van der Waals surface area contributed by atoms with Crippen LogP contribution in [0.4, 0.5) is 0 Å². The Labute approximate surface area is 73.4 Å². The molecular formula is C12H14. The van der Waals surface area contributed by atoms with Crippen LogP contribution >= 0.6 is 0 Å². The van der Waals surface area contributed by atoms with Crippen molar-refractivity contribution in [2.24, 2.45) is 17.3 Å². The van der Waals surface area contributed by atoms with Crippen molar-refractivity contribution in [2.45, 2.75) is 32.1 Å².